The molecule has 0 amide bonds. The lowest BCUT2D eigenvalue weighted by Crippen LogP contribution is -2.02. The highest BCUT2D eigenvalue weighted by Gasteiger charge is 2.11. The molecular formula is C17H14O3. The average molecular weight is 266 g/mol. The van der Waals surface area contributed by atoms with Gasteiger partial charge in [-0.1, -0.05) is 30.3 Å². The molecule has 100 valence electrons. The number of ether oxygens (including phenoxy) is 1. The Morgan fingerprint density at radius 3 is 2.50 bits per heavy atom. The number of rotatable bonds is 2. The summed E-state index contributed by atoms with van der Waals surface area (Å²) in [4.78, 5) is 12.2. The molecule has 3 heteroatoms. The van der Waals surface area contributed by atoms with Crippen LogP contribution in [-0.2, 0) is 0 Å². The van der Waals surface area contributed by atoms with Gasteiger partial charge in [0, 0.05) is 17.2 Å². The van der Waals surface area contributed by atoms with Crippen molar-refractivity contribution in [2.24, 2.45) is 0 Å². The first kappa shape index (κ1) is 12.5. The largest absolute Gasteiger partial charge is 0.496 e. The summed E-state index contributed by atoms with van der Waals surface area (Å²) in [5.41, 5.74) is 2.25. The summed E-state index contributed by atoms with van der Waals surface area (Å²) in [5, 5.41) is 0.572. The minimum atomic E-state index is -0.0455. The van der Waals surface area contributed by atoms with Gasteiger partial charge < -0.3 is 9.15 Å². The zero-order chi connectivity index (χ0) is 14.1. The zero-order valence-electron chi connectivity index (χ0n) is 11.3. The van der Waals surface area contributed by atoms with Gasteiger partial charge in [-0.25, -0.2) is 0 Å². The Morgan fingerprint density at radius 2 is 1.80 bits per heavy atom. The predicted octanol–water partition coefficient (Wildman–Crippen LogP) is 3.78. The predicted molar refractivity (Wildman–Crippen MR) is 79.2 cm³/mol. The molecule has 0 atom stereocenters. The van der Waals surface area contributed by atoms with Crippen molar-refractivity contribution < 1.29 is 9.15 Å². The minimum Gasteiger partial charge on any atom is -0.496 e. The Balaban J connectivity index is 2.33. The van der Waals surface area contributed by atoms with Gasteiger partial charge in [-0.3, -0.25) is 4.79 Å². The number of aryl methyl sites for hydroxylation is 1. The van der Waals surface area contributed by atoms with E-state index in [1.807, 2.05) is 37.3 Å². The molecule has 3 nitrogen and oxygen atoms in total. The van der Waals surface area contributed by atoms with E-state index in [-0.39, 0.29) is 5.43 Å². The summed E-state index contributed by atoms with van der Waals surface area (Å²) in [6.45, 7) is 1.89. The van der Waals surface area contributed by atoms with Crippen LogP contribution in [0.25, 0.3) is 22.3 Å². The van der Waals surface area contributed by atoms with Crippen LogP contribution in [0.1, 0.15) is 5.56 Å². The number of hydrogen-bond donors (Lipinski definition) is 0. The van der Waals surface area contributed by atoms with E-state index in [4.69, 9.17) is 9.15 Å². The van der Waals surface area contributed by atoms with Crippen LogP contribution in [0.3, 0.4) is 0 Å². The molecule has 0 aliphatic heterocycles. The van der Waals surface area contributed by atoms with Crippen molar-refractivity contribution in [3.8, 4) is 17.1 Å². The highest BCUT2D eigenvalue weighted by atomic mass is 16.5. The third-order valence-corrected chi connectivity index (χ3v) is 3.37. The number of fused-ring (bicyclic) bond motifs is 1. The summed E-state index contributed by atoms with van der Waals surface area (Å²) in [6, 6.07) is 14.6. The Morgan fingerprint density at radius 1 is 1.05 bits per heavy atom. The molecule has 0 spiro atoms. The maximum atomic E-state index is 12.2. The highest BCUT2D eigenvalue weighted by molar-refractivity contribution is 5.83. The summed E-state index contributed by atoms with van der Waals surface area (Å²) in [5.74, 6) is 1.28. The van der Waals surface area contributed by atoms with Crippen LogP contribution in [-0.4, -0.2) is 7.11 Å². The Hall–Kier alpha value is -2.55. The molecule has 0 aliphatic carbocycles. The summed E-state index contributed by atoms with van der Waals surface area (Å²) in [6.07, 6.45) is 0. The SMILES string of the molecule is COc1ccc2c(=O)cc(-c3ccccc3)oc2c1C. The highest BCUT2D eigenvalue weighted by Crippen LogP contribution is 2.28. The van der Waals surface area contributed by atoms with Gasteiger partial charge in [0.25, 0.3) is 0 Å². The third-order valence-electron chi connectivity index (χ3n) is 3.37. The van der Waals surface area contributed by atoms with E-state index in [2.05, 4.69) is 0 Å². The lowest BCUT2D eigenvalue weighted by atomic mass is 10.1. The first-order chi connectivity index (χ1) is 9.70. The standard InChI is InChI=1S/C17H14O3/c1-11-15(19-2)9-8-13-14(18)10-16(20-17(11)13)12-6-4-3-5-7-12/h3-10H,1-2H3. The molecule has 0 unspecified atom stereocenters. The molecule has 0 N–H and O–H groups in total. The van der Waals surface area contributed by atoms with E-state index in [1.54, 1.807) is 19.2 Å². The van der Waals surface area contributed by atoms with Gasteiger partial charge in [0.2, 0.25) is 0 Å². The number of methoxy groups -OCH3 is 1. The van der Waals surface area contributed by atoms with Crippen LogP contribution < -0.4 is 10.2 Å². The first-order valence-corrected chi connectivity index (χ1v) is 6.37. The first-order valence-electron chi connectivity index (χ1n) is 6.37. The van der Waals surface area contributed by atoms with Gasteiger partial charge >= 0.3 is 0 Å². The van der Waals surface area contributed by atoms with Gasteiger partial charge in [-0.2, -0.15) is 0 Å². The molecule has 0 fully saturated rings. The maximum absolute atomic E-state index is 12.2. The molecule has 1 heterocycles. The summed E-state index contributed by atoms with van der Waals surface area (Å²) < 4.78 is 11.2. The van der Waals surface area contributed by atoms with Gasteiger partial charge in [-0.15, -0.1) is 0 Å². The van der Waals surface area contributed by atoms with E-state index in [1.165, 1.54) is 6.07 Å². The molecule has 3 rings (SSSR count). The molecule has 20 heavy (non-hydrogen) atoms. The van der Waals surface area contributed by atoms with E-state index in [0.717, 1.165) is 11.1 Å². The van der Waals surface area contributed by atoms with Crippen molar-refractivity contribution >= 4 is 11.0 Å². The molecule has 0 bridgehead atoms. The van der Waals surface area contributed by atoms with Crippen molar-refractivity contribution in [2.45, 2.75) is 6.92 Å². The van der Waals surface area contributed by atoms with Crippen LogP contribution in [0.15, 0.2) is 57.7 Å². The van der Waals surface area contributed by atoms with E-state index < -0.39 is 0 Å². The summed E-state index contributed by atoms with van der Waals surface area (Å²) >= 11 is 0. The molecular weight excluding hydrogens is 252 g/mol. The Labute approximate surface area is 116 Å². The number of benzene rings is 2. The lowest BCUT2D eigenvalue weighted by Gasteiger charge is -2.08. The topological polar surface area (TPSA) is 39.4 Å². The molecule has 0 saturated carbocycles. The van der Waals surface area contributed by atoms with E-state index in [9.17, 15) is 4.79 Å². The van der Waals surface area contributed by atoms with Crippen molar-refractivity contribution in [3.63, 3.8) is 0 Å². The normalized spacial score (nSPS) is 10.7. The minimum absolute atomic E-state index is 0.0455. The zero-order valence-corrected chi connectivity index (χ0v) is 11.3. The van der Waals surface area contributed by atoms with Crippen LogP contribution >= 0.6 is 0 Å². The number of hydrogen-bond acceptors (Lipinski definition) is 3. The molecule has 1 aromatic heterocycles. The van der Waals surface area contributed by atoms with E-state index in [0.29, 0.717) is 22.5 Å². The second-order valence-electron chi connectivity index (χ2n) is 4.61. The van der Waals surface area contributed by atoms with E-state index >= 15 is 0 Å². The second-order valence-corrected chi connectivity index (χ2v) is 4.61. The van der Waals surface area contributed by atoms with Crippen molar-refractivity contribution in [3.05, 3.63) is 64.3 Å². The monoisotopic (exact) mass is 266 g/mol. The van der Waals surface area contributed by atoms with Crippen LogP contribution in [0.2, 0.25) is 0 Å². The van der Waals surface area contributed by atoms with Gasteiger partial charge in [0.15, 0.2) is 5.43 Å². The Bertz CT molecular complexity index is 817. The molecule has 0 aliphatic rings. The fourth-order valence-corrected chi connectivity index (χ4v) is 2.30. The molecule has 2 aromatic carbocycles. The van der Waals surface area contributed by atoms with Crippen LogP contribution in [0.4, 0.5) is 0 Å². The maximum Gasteiger partial charge on any atom is 0.193 e. The van der Waals surface area contributed by atoms with Gasteiger partial charge in [-0.05, 0) is 19.1 Å². The Kier molecular flexibility index (Phi) is 3.03. The van der Waals surface area contributed by atoms with Crippen LogP contribution in [0, 0.1) is 6.92 Å². The van der Waals surface area contributed by atoms with Crippen LogP contribution in [0.5, 0.6) is 5.75 Å². The molecule has 3 aromatic rings. The third kappa shape index (κ3) is 1.97. The smallest absolute Gasteiger partial charge is 0.193 e. The molecule has 0 saturated heterocycles. The lowest BCUT2D eigenvalue weighted by molar-refractivity contribution is 0.411. The fourth-order valence-electron chi connectivity index (χ4n) is 2.30. The van der Waals surface area contributed by atoms with Gasteiger partial charge in [0.1, 0.15) is 17.1 Å². The summed E-state index contributed by atoms with van der Waals surface area (Å²) in [7, 11) is 1.60. The molecule has 0 radical (unpaired) electrons. The van der Waals surface area contributed by atoms with Crippen molar-refractivity contribution in [1.82, 2.24) is 0 Å². The van der Waals surface area contributed by atoms with Crippen molar-refractivity contribution in [2.75, 3.05) is 7.11 Å². The quantitative estimate of drug-likeness (QED) is 0.708. The van der Waals surface area contributed by atoms with Gasteiger partial charge in [0.05, 0.1) is 12.5 Å². The average Bonchev–Trinajstić information content (AvgIpc) is 2.49. The second kappa shape index (κ2) is 4.85. The van der Waals surface area contributed by atoms with Crippen molar-refractivity contribution in [1.29, 1.82) is 0 Å². The fraction of sp³-hybridized carbons (Fsp3) is 0.118.